The zero-order valence-electron chi connectivity index (χ0n) is 7.57. The van der Waals surface area contributed by atoms with Gasteiger partial charge in [0.15, 0.2) is 5.78 Å². The first kappa shape index (κ1) is 12.0. The third-order valence-electron chi connectivity index (χ3n) is 1.20. The Balaban J connectivity index is 4.35. The van der Waals surface area contributed by atoms with Gasteiger partial charge in [0.05, 0.1) is 18.6 Å². The molecule has 0 heterocycles. The van der Waals surface area contributed by atoms with E-state index in [0.29, 0.717) is 6.26 Å². The number of aliphatic hydroxyl groups excluding tert-OH is 1. The van der Waals surface area contributed by atoms with Crippen LogP contribution in [-0.4, -0.2) is 35.5 Å². The van der Waals surface area contributed by atoms with Gasteiger partial charge in [-0.05, 0) is 13.2 Å². The van der Waals surface area contributed by atoms with Crippen molar-refractivity contribution in [2.24, 2.45) is 0 Å². The molecule has 13 heavy (non-hydrogen) atoms. The molecule has 4 nitrogen and oxygen atoms in total. The van der Waals surface area contributed by atoms with Crippen LogP contribution in [-0.2, 0) is 14.3 Å². The van der Waals surface area contributed by atoms with Gasteiger partial charge < -0.3 is 9.84 Å². The van der Waals surface area contributed by atoms with Gasteiger partial charge in [-0.1, -0.05) is 0 Å². The SMILES string of the molecule is CCOC(=O)C(=CO)C(=O)CSC. The van der Waals surface area contributed by atoms with E-state index in [4.69, 9.17) is 5.11 Å². The average Bonchev–Trinajstić information content (AvgIpc) is 2.06. The molecule has 0 atom stereocenters. The third-order valence-corrected chi connectivity index (χ3v) is 1.75. The van der Waals surface area contributed by atoms with E-state index in [-0.39, 0.29) is 17.9 Å². The predicted octanol–water partition coefficient (Wildman–Crippen LogP) is 0.923. The second kappa shape index (κ2) is 6.54. The maximum Gasteiger partial charge on any atom is 0.344 e. The van der Waals surface area contributed by atoms with Crippen LogP contribution in [0.15, 0.2) is 11.8 Å². The summed E-state index contributed by atoms with van der Waals surface area (Å²) in [4.78, 5) is 22.2. The maximum atomic E-state index is 11.1. The molecule has 0 amide bonds. The normalized spacial score (nSPS) is 11.1. The maximum absolute atomic E-state index is 11.1. The molecule has 0 aromatic heterocycles. The lowest BCUT2D eigenvalue weighted by Crippen LogP contribution is -2.17. The lowest BCUT2D eigenvalue weighted by Gasteiger charge is -2.02. The number of esters is 1. The number of carbonyl (C=O) groups excluding carboxylic acids is 2. The minimum atomic E-state index is -0.774. The summed E-state index contributed by atoms with van der Waals surface area (Å²) in [5.41, 5.74) is -0.295. The summed E-state index contributed by atoms with van der Waals surface area (Å²) in [6.45, 7) is 1.81. The van der Waals surface area contributed by atoms with E-state index in [1.54, 1.807) is 13.2 Å². The number of hydrogen-bond acceptors (Lipinski definition) is 5. The van der Waals surface area contributed by atoms with Crippen molar-refractivity contribution in [3.63, 3.8) is 0 Å². The Morgan fingerprint density at radius 1 is 1.54 bits per heavy atom. The number of thioether (sulfide) groups is 1. The summed E-state index contributed by atoms with van der Waals surface area (Å²) in [5.74, 6) is -1.04. The van der Waals surface area contributed by atoms with E-state index in [1.165, 1.54) is 11.8 Å². The molecule has 74 valence electrons. The molecular formula is C8H12O4S. The standard InChI is InChI=1S/C8H12O4S/c1-3-12-8(11)6(4-9)7(10)5-13-2/h4,9H,3,5H2,1-2H3. The fourth-order valence-electron chi connectivity index (χ4n) is 0.656. The molecule has 0 saturated heterocycles. The molecule has 0 aromatic carbocycles. The Morgan fingerprint density at radius 3 is 2.54 bits per heavy atom. The summed E-state index contributed by atoms with van der Waals surface area (Å²) >= 11 is 1.28. The van der Waals surface area contributed by atoms with Gasteiger partial charge in [-0.25, -0.2) is 4.79 Å². The number of ether oxygens (including phenoxy) is 1. The first-order valence-electron chi connectivity index (χ1n) is 3.71. The zero-order chi connectivity index (χ0) is 10.3. The van der Waals surface area contributed by atoms with Gasteiger partial charge in [0.25, 0.3) is 0 Å². The van der Waals surface area contributed by atoms with E-state index < -0.39 is 11.8 Å². The molecule has 0 aromatic rings. The Kier molecular flexibility index (Phi) is 6.05. The molecular weight excluding hydrogens is 192 g/mol. The van der Waals surface area contributed by atoms with Gasteiger partial charge in [0.2, 0.25) is 0 Å². The van der Waals surface area contributed by atoms with Crippen molar-refractivity contribution in [3.05, 3.63) is 11.8 Å². The quantitative estimate of drug-likeness (QED) is 0.237. The smallest absolute Gasteiger partial charge is 0.344 e. The molecule has 0 radical (unpaired) electrons. The molecule has 0 fully saturated rings. The Hall–Kier alpha value is -0.970. The van der Waals surface area contributed by atoms with E-state index >= 15 is 0 Å². The molecule has 0 bridgehead atoms. The lowest BCUT2D eigenvalue weighted by molar-refractivity contribution is -0.139. The van der Waals surface area contributed by atoms with Crippen molar-refractivity contribution < 1.29 is 19.4 Å². The number of rotatable bonds is 5. The summed E-state index contributed by atoms with van der Waals surface area (Å²) in [5, 5.41) is 8.63. The highest BCUT2D eigenvalue weighted by atomic mass is 32.2. The van der Waals surface area contributed by atoms with Crippen LogP contribution >= 0.6 is 11.8 Å². The number of aliphatic hydroxyl groups is 1. The predicted molar refractivity (Wildman–Crippen MR) is 50.7 cm³/mol. The zero-order valence-corrected chi connectivity index (χ0v) is 8.39. The summed E-state index contributed by atoms with van der Waals surface area (Å²) in [6.07, 6.45) is 2.23. The number of carbonyl (C=O) groups is 2. The van der Waals surface area contributed by atoms with Gasteiger partial charge >= 0.3 is 5.97 Å². The van der Waals surface area contributed by atoms with Crippen LogP contribution in [0.2, 0.25) is 0 Å². The molecule has 0 rings (SSSR count). The van der Waals surface area contributed by atoms with Crippen molar-refractivity contribution >= 4 is 23.5 Å². The van der Waals surface area contributed by atoms with Crippen LogP contribution in [0.4, 0.5) is 0 Å². The largest absolute Gasteiger partial charge is 0.515 e. The topological polar surface area (TPSA) is 63.6 Å². The van der Waals surface area contributed by atoms with Crippen LogP contribution in [0.3, 0.4) is 0 Å². The van der Waals surface area contributed by atoms with Crippen molar-refractivity contribution in [2.45, 2.75) is 6.92 Å². The Bertz CT molecular complexity index is 202. The first-order valence-corrected chi connectivity index (χ1v) is 5.10. The highest BCUT2D eigenvalue weighted by molar-refractivity contribution is 7.99. The van der Waals surface area contributed by atoms with E-state index in [1.807, 2.05) is 0 Å². The Morgan fingerprint density at radius 2 is 2.15 bits per heavy atom. The third kappa shape index (κ3) is 3.98. The monoisotopic (exact) mass is 204 g/mol. The molecule has 5 heteroatoms. The Labute approximate surface area is 81.0 Å². The minimum Gasteiger partial charge on any atom is -0.515 e. The van der Waals surface area contributed by atoms with E-state index in [9.17, 15) is 9.59 Å². The molecule has 0 aliphatic carbocycles. The summed E-state index contributed by atoms with van der Waals surface area (Å²) in [6, 6.07) is 0. The van der Waals surface area contributed by atoms with Gasteiger partial charge in [0, 0.05) is 0 Å². The number of hydrogen-bond donors (Lipinski definition) is 1. The van der Waals surface area contributed by atoms with Crippen LogP contribution in [0.25, 0.3) is 0 Å². The molecule has 1 N–H and O–H groups in total. The van der Waals surface area contributed by atoms with Crippen LogP contribution in [0.1, 0.15) is 6.92 Å². The molecule has 0 unspecified atom stereocenters. The number of ketones is 1. The highest BCUT2D eigenvalue weighted by Crippen LogP contribution is 2.04. The van der Waals surface area contributed by atoms with Crippen molar-refractivity contribution in [3.8, 4) is 0 Å². The van der Waals surface area contributed by atoms with Crippen molar-refractivity contribution in [2.75, 3.05) is 18.6 Å². The van der Waals surface area contributed by atoms with Gasteiger partial charge in [0.1, 0.15) is 5.57 Å². The lowest BCUT2D eigenvalue weighted by atomic mass is 10.2. The second-order valence-electron chi connectivity index (χ2n) is 2.12. The fraction of sp³-hybridized carbons (Fsp3) is 0.500. The number of Topliss-reactive ketones (excluding diaryl/α,β-unsaturated/α-hetero) is 1. The van der Waals surface area contributed by atoms with E-state index in [0.717, 1.165) is 0 Å². The van der Waals surface area contributed by atoms with Crippen LogP contribution in [0.5, 0.6) is 0 Å². The highest BCUT2D eigenvalue weighted by Gasteiger charge is 2.18. The molecule has 0 spiro atoms. The molecule has 0 aliphatic heterocycles. The summed E-state index contributed by atoms with van der Waals surface area (Å²) < 4.78 is 4.57. The van der Waals surface area contributed by atoms with Gasteiger partial charge in [-0.15, -0.1) is 0 Å². The van der Waals surface area contributed by atoms with Crippen molar-refractivity contribution in [1.29, 1.82) is 0 Å². The average molecular weight is 204 g/mol. The summed E-state index contributed by atoms with van der Waals surface area (Å²) in [7, 11) is 0. The van der Waals surface area contributed by atoms with Crippen molar-refractivity contribution in [1.82, 2.24) is 0 Å². The van der Waals surface area contributed by atoms with E-state index in [2.05, 4.69) is 4.74 Å². The minimum absolute atomic E-state index is 0.158. The molecule has 0 saturated carbocycles. The van der Waals surface area contributed by atoms with Crippen LogP contribution < -0.4 is 0 Å². The first-order chi connectivity index (χ1) is 6.17. The van der Waals surface area contributed by atoms with Gasteiger partial charge in [-0.2, -0.15) is 11.8 Å². The van der Waals surface area contributed by atoms with Gasteiger partial charge in [-0.3, -0.25) is 4.79 Å². The fourth-order valence-corrected chi connectivity index (χ4v) is 1.07. The molecule has 0 aliphatic rings. The van der Waals surface area contributed by atoms with Crippen LogP contribution in [0, 0.1) is 0 Å². The second-order valence-corrected chi connectivity index (χ2v) is 2.99.